The summed E-state index contributed by atoms with van der Waals surface area (Å²) in [7, 11) is 0. The lowest BCUT2D eigenvalue weighted by Gasteiger charge is -2.11. The van der Waals surface area contributed by atoms with Crippen LogP contribution in [0.25, 0.3) is 0 Å². The SMILES string of the molecule is O=C(O)c1cccc(F)c1C(=O)Oc1c(I)cc(I)cc1I. The van der Waals surface area contributed by atoms with Crippen molar-refractivity contribution in [1.82, 2.24) is 0 Å². The lowest BCUT2D eigenvalue weighted by molar-refractivity contribution is 0.0663. The average Bonchev–Trinajstić information content (AvgIpc) is 2.42. The summed E-state index contributed by atoms with van der Waals surface area (Å²) < 4.78 is 21.4. The fourth-order valence-corrected chi connectivity index (χ4v) is 5.48. The first-order chi connectivity index (χ1) is 10.3. The van der Waals surface area contributed by atoms with Gasteiger partial charge in [0.1, 0.15) is 11.4 Å². The maximum Gasteiger partial charge on any atom is 0.347 e. The third-order valence-electron chi connectivity index (χ3n) is 2.61. The Morgan fingerprint density at radius 3 is 2.23 bits per heavy atom. The Labute approximate surface area is 165 Å². The predicted octanol–water partition coefficient (Wildman–Crippen LogP) is 4.56. The predicted molar refractivity (Wildman–Crippen MR) is 103 cm³/mol. The number of esters is 1. The quantitative estimate of drug-likeness (QED) is 0.305. The van der Waals surface area contributed by atoms with E-state index >= 15 is 0 Å². The fraction of sp³-hybridized carbons (Fsp3) is 0. The molecule has 0 saturated carbocycles. The number of aromatic carboxylic acids is 1. The summed E-state index contributed by atoms with van der Waals surface area (Å²) in [5.41, 5.74) is -1.01. The molecule has 2 aromatic rings. The van der Waals surface area contributed by atoms with Crippen molar-refractivity contribution in [2.45, 2.75) is 0 Å². The normalized spacial score (nSPS) is 10.4. The standard InChI is InChI=1S/C14H6FI3O4/c15-8-3-1-2-7(13(19)20)11(8)14(21)22-12-9(17)4-6(16)5-10(12)18/h1-5H,(H,19,20). The van der Waals surface area contributed by atoms with Crippen LogP contribution in [0.5, 0.6) is 5.75 Å². The highest BCUT2D eigenvalue weighted by Gasteiger charge is 2.24. The van der Waals surface area contributed by atoms with Gasteiger partial charge in [-0.3, -0.25) is 0 Å². The summed E-state index contributed by atoms with van der Waals surface area (Å²) in [4.78, 5) is 23.3. The number of carbonyl (C=O) groups is 2. The molecule has 0 aromatic heterocycles. The summed E-state index contributed by atoms with van der Waals surface area (Å²) in [5, 5.41) is 9.07. The Hall–Kier alpha value is -0.500. The van der Waals surface area contributed by atoms with Crippen LogP contribution in [0.3, 0.4) is 0 Å². The van der Waals surface area contributed by atoms with Crippen LogP contribution >= 0.6 is 67.8 Å². The Kier molecular flexibility index (Phi) is 5.99. The van der Waals surface area contributed by atoms with E-state index in [0.29, 0.717) is 7.14 Å². The van der Waals surface area contributed by atoms with Crippen LogP contribution in [0, 0.1) is 16.5 Å². The largest absolute Gasteiger partial charge is 0.478 e. The fourth-order valence-electron chi connectivity index (χ4n) is 1.68. The molecule has 0 heterocycles. The number of carboxylic acids is 1. The molecule has 8 heteroatoms. The van der Waals surface area contributed by atoms with Gasteiger partial charge in [0.25, 0.3) is 0 Å². The summed E-state index contributed by atoms with van der Waals surface area (Å²) in [6, 6.07) is 7.00. The lowest BCUT2D eigenvalue weighted by atomic mass is 10.1. The molecule has 0 spiro atoms. The van der Waals surface area contributed by atoms with Crippen LogP contribution in [-0.2, 0) is 0 Å². The van der Waals surface area contributed by atoms with Crippen LogP contribution in [0.15, 0.2) is 30.3 Å². The molecule has 1 N–H and O–H groups in total. The van der Waals surface area contributed by atoms with Crippen LogP contribution in [0.4, 0.5) is 4.39 Å². The molecule has 2 aromatic carbocycles. The van der Waals surface area contributed by atoms with Crippen LogP contribution in [-0.4, -0.2) is 17.0 Å². The van der Waals surface area contributed by atoms with Crippen molar-refractivity contribution in [3.8, 4) is 5.75 Å². The first-order valence-corrected chi connectivity index (χ1v) is 8.93. The van der Waals surface area contributed by atoms with Gasteiger partial charge in [0.05, 0.1) is 12.7 Å². The zero-order valence-corrected chi connectivity index (χ0v) is 17.0. The Morgan fingerprint density at radius 1 is 1.09 bits per heavy atom. The molecule has 0 amide bonds. The van der Waals surface area contributed by atoms with Crippen molar-refractivity contribution in [1.29, 1.82) is 0 Å². The van der Waals surface area contributed by atoms with Crippen molar-refractivity contribution in [3.63, 3.8) is 0 Å². The van der Waals surface area contributed by atoms with E-state index in [-0.39, 0.29) is 5.75 Å². The van der Waals surface area contributed by atoms with E-state index in [1.165, 1.54) is 6.07 Å². The topological polar surface area (TPSA) is 63.6 Å². The first-order valence-electron chi connectivity index (χ1n) is 5.69. The van der Waals surface area contributed by atoms with E-state index < -0.39 is 28.9 Å². The van der Waals surface area contributed by atoms with Crippen LogP contribution < -0.4 is 4.74 Å². The summed E-state index contributed by atoms with van der Waals surface area (Å²) in [6.45, 7) is 0. The van der Waals surface area contributed by atoms with Crippen molar-refractivity contribution < 1.29 is 23.8 Å². The highest BCUT2D eigenvalue weighted by Crippen LogP contribution is 2.30. The van der Waals surface area contributed by atoms with Gasteiger partial charge >= 0.3 is 11.9 Å². The van der Waals surface area contributed by atoms with Gasteiger partial charge in [-0.15, -0.1) is 0 Å². The number of rotatable bonds is 3. The van der Waals surface area contributed by atoms with Gasteiger partial charge in [0, 0.05) is 3.57 Å². The lowest BCUT2D eigenvalue weighted by Crippen LogP contribution is -2.17. The minimum absolute atomic E-state index is 0.284. The van der Waals surface area contributed by atoms with Crippen molar-refractivity contribution >= 4 is 79.7 Å². The Balaban J connectivity index is 2.45. The minimum atomic E-state index is -1.39. The molecule has 0 fully saturated rings. The van der Waals surface area contributed by atoms with Crippen LogP contribution in [0.1, 0.15) is 20.7 Å². The zero-order valence-electron chi connectivity index (χ0n) is 10.6. The number of hydrogen-bond donors (Lipinski definition) is 1. The van der Waals surface area contributed by atoms with E-state index in [1.54, 1.807) is 12.1 Å². The third kappa shape index (κ3) is 3.88. The number of carboxylic acid groups (broad SMARTS) is 1. The summed E-state index contributed by atoms with van der Waals surface area (Å²) in [5.74, 6) is -3.07. The first kappa shape index (κ1) is 17.8. The molecule has 0 radical (unpaired) electrons. The third-order valence-corrected chi connectivity index (χ3v) is 4.83. The van der Waals surface area contributed by atoms with Crippen molar-refractivity contribution in [3.05, 3.63) is 58.0 Å². The molecule has 0 saturated heterocycles. The molecule has 0 unspecified atom stereocenters. The number of benzene rings is 2. The molecular weight excluding hydrogens is 632 g/mol. The highest BCUT2D eigenvalue weighted by atomic mass is 127. The maximum absolute atomic E-state index is 13.9. The van der Waals surface area contributed by atoms with Crippen molar-refractivity contribution in [2.24, 2.45) is 0 Å². The van der Waals surface area contributed by atoms with E-state index in [9.17, 15) is 14.0 Å². The molecule has 4 nitrogen and oxygen atoms in total. The second kappa shape index (κ2) is 7.38. The van der Waals surface area contributed by atoms with Gasteiger partial charge in [-0.05, 0) is 92.0 Å². The smallest absolute Gasteiger partial charge is 0.347 e. The molecule has 0 atom stereocenters. The monoisotopic (exact) mass is 638 g/mol. The second-order valence-electron chi connectivity index (χ2n) is 4.06. The van der Waals surface area contributed by atoms with Gasteiger partial charge in [-0.25, -0.2) is 14.0 Å². The van der Waals surface area contributed by atoms with E-state index in [4.69, 9.17) is 9.84 Å². The van der Waals surface area contributed by atoms with E-state index in [2.05, 4.69) is 22.6 Å². The van der Waals surface area contributed by atoms with Gasteiger partial charge in [0.2, 0.25) is 0 Å². The number of ether oxygens (including phenoxy) is 1. The molecule has 114 valence electrons. The molecule has 22 heavy (non-hydrogen) atoms. The molecule has 0 aliphatic carbocycles. The Morgan fingerprint density at radius 2 is 1.68 bits per heavy atom. The average molecular weight is 638 g/mol. The van der Waals surface area contributed by atoms with Gasteiger partial charge in [0.15, 0.2) is 5.75 Å². The number of halogens is 4. The van der Waals surface area contributed by atoms with Crippen LogP contribution in [0.2, 0.25) is 0 Å². The molecule has 0 aliphatic heterocycles. The van der Waals surface area contributed by atoms with E-state index in [0.717, 1.165) is 15.7 Å². The number of hydrogen-bond acceptors (Lipinski definition) is 3. The minimum Gasteiger partial charge on any atom is -0.478 e. The maximum atomic E-state index is 13.9. The number of carbonyl (C=O) groups excluding carboxylic acids is 1. The van der Waals surface area contributed by atoms with E-state index in [1.807, 2.05) is 45.2 Å². The summed E-state index contributed by atoms with van der Waals surface area (Å²) >= 11 is 6.12. The van der Waals surface area contributed by atoms with Gasteiger partial charge in [-0.2, -0.15) is 0 Å². The van der Waals surface area contributed by atoms with Gasteiger partial charge in [-0.1, -0.05) is 6.07 Å². The van der Waals surface area contributed by atoms with Gasteiger partial charge < -0.3 is 9.84 Å². The molecule has 0 bridgehead atoms. The zero-order chi connectivity index (χ0) is 16.4. The highest BCUT2D eigenvalue weighted by molar-refractivity contribution is 14.1. The molecule has 0 aliphatic rings. The second-order valence-corrected chi connectivity index (χ2v) is 7.63. The molecular formula is C14H6FI3O4. The summed E-state index contributed by atoms with van der Waals surface area (Å²) in [6.07, 6.45) is 0. The van der Waals surface area contributed by atoms with Crippen molar-refractivity contribution in [2.75, 3.05) is 0 Å². The Bertz CT molecular complexity index is 754. The molecule has 2 rings (SSSR count).